The van der Waals surface area contributed by atoms with Gasteiger partial charge in [-0.15, -0.1) is 0 Å². The minimum absolute atomic E-state index is 0.0343. The third-order valence-electron chi connectivity index (χ3n) is 2.06. The van der Waals surface area contributed by atoms with Crippen LogP contribution in [0.5, 0.6) is 0 Å². The Morgan fingerprint density at radius 3 is 2.64 bits per heavy atom. The average molecular weight is 199 g/mol. The fourth-order valence-electron chi connectivity index (χ4n) is 1.42. The molecule has 0 bridgehead atoms. The number of hydrogen-bond acceptors (Lipinski definition) is 3. The number of nitrogens with two attached hydrogens (primary N) is 1. The van der Waals surface area contributed by atoms with Crippen LogP contribution >= 0.6 is 0 Å². The monoisotopic (exact) mass is 199 g/mol. The lowest BCUT2D eigenvalue weighted by Gasteiger charge is -2.30. The predicted octanol–water partition coefficient (Wildman–Crippen LogP) is 0.473. The maximum atomic E-state index is 5.90. The maximum Gasteiger partial charge on any atom is 0.127 e. The van der Waals surface area contributed by atoms with Crippen LogP contribution in [0.25, 0.3) is 0 Å². The number of amidine groups is 1. The van der Waals surface area contributed by atoms with Gasteiger partial charge >= 0.3 is 0 Å². The predicted molar refractivity (Wildman–Crippen MR) is 58.6 cm³/mol. The summed E-state index contributed by atoms with van der Waals surface area (Å²) in [4.78, 5) is 6.62. The second-order valence-electron chi connectivity index (χ2n) is 4.83. The number of hydrogen-bond donors (Lipinski definition) is 1. The second kappa shape index (κ2) is 4.28. The molecule has 0 aromatic carbocycles. The molecule has 0 aromatic rings. The first-order chi connectivity index (χ1) is 6.38. The molecule has 4 heteroatoms. The molecule has 1 saturated heterocycles. The molecule has 1 atom stereocenters. The van der Waals surface area contributed by atoms with E-state index < -0.39 is 0 Å². The van der Waals surface area contributed by atoms with Crippen molar-refractivity contribution < 1.29 is 4.74 Å². The molecule has 1 aliphatic rings. The zero-order chi connectivity index (χ0) is 10.8. The number of likely N-dealkylation sites (N-methyl/N-ethyl adjacent to an activating group) is 1. The third-order valence-corrected chi connectivity index (χ3v) is 2.06. The van der Waals surface area contributed by atoms with Crippen molar-refractivity contribution in [2.24, 2.45) is 10.7 Å². The third kappa shape index (κ3) is 3.64. The van der Waals surface area contributed by atoms with Crippen molar-refractivity contribution >= 4 is 5.84 Å². The SMILES string of the molecule is CN1CCOC(C(N)=NC(C)(C)C)C1. The summed E-state index contributed by atoms with van der Waals surface area (Å²) in [5, 5.41) is 0. The summed E-state index contributed by atoms with van der Waals surface area (Å²) in [6, 6.07) is 0. The Kier molecular flexibility index (Phi) is 3.50. The molecule has 82 valence electrons. The maximum absolute atomic E-state index is 5.90. The molecule has 0 radical (unpaired) electrons. The number of aliphatic imine (C=N–C) groups is 1. The van der Waals surface area contributed by atoms with E-state index in [1.807, 2.05) is 20.8 Å². The fourth-order valence-corrected chi connectivity index (χ4v) is 1.42. The molecule has 1 fully saturated rings. The zero-order valence-electron chi connectivity index (χ0n) is 9.58. The Labute approximate surface area is 86.1 Å². The molecule has 0 aliphatic carbocycles. The van der Waals surface area contributed by atoms with Gasteiger partial charge in [0, 0.05) is 13.1 Å². The summed E-state index contributed by atoms with van der Waals surface area (Å²) in [5.74, 6) is 0.615. The van der Waals surface area contributed by atoms with Gasteiger partial charge in [-0.25, -0.2) is 0 Å². The van der Waals surface area contributed by atoms with E-state index in [0.29, 0.717) is 5.84 Å². The number of ether oxygens (including phenoxy) is 1. The van der Waals surface area contributed by atoms with Gasteiger partial charge in [0.15, 0.2) is 0 Å². The van der Waals surface area contributed by atoms with Gasteiger partial charge in [-0.2, -0.15) is 0 Å². The first kappa shape index (κ1) is 11.5. The van der Waals surface area contributed by atoms with Crippen molar-refractivity contribution in [2.75, 3.05) is 26.7 Å². The van der Waals surface area contributed by atoms with Gasteiger partial charge in [-0.1, -0.05) is 0 Å². The lowest BCUT2D eigenvalue weighted by Crippen LogP contribution is -2.47. The molecular formula is C10H21N3O. The van der Waals surface area contributed by atoms with Crippen LogP contribution < -0.4 is 5.73 Å². The van der Waals surface area contributed by atoms with Gasteiger partial charge in [-0.3, -0.25) is 4.99 Å². The number of morpholine rings is 1. The molecule has 1 unspecified atom stereocenters. The topological polar surface area (TPSA) is 50.9 Å². The van der Waals surface area contributed by atoms with Crippen molar-refractivity contribution in [2.45, 2.75) is 32.4 Å². The van der Waals surface area contributed by atoms with Crippen LogP contribution in [0.3, 0.4) is 0 Å². The largest absolute Gasteiger partial charge is 0.385 e. The molecule has 1 aliphatic heterocycles. The number of nitrogens with zero attached hydrogens (tertiary/aromatic N) is 2. The quantitative estimate of drug-likeness (QED) is 0.493. The summed E-state index contributed by atoms with van der Waals surface area (Å²) in [6.07, 6.45) is -0.0343. The number of rotatable bonds is 1. The average Bonchev–Trinajstić information content (AvgIpc) is 2.01. The van der Waals surface area contributed by atoms with Gasteiger partial charge in [0.1, 0.15) is 11.9 Å². The van der Waals surface area contributed by atoms with E-state index in [4.69, 9.17) is 10.5 Å². The Morgan fingerprint density at radius 2 is 2.14 bits per heavy atom. The van der Waals surface area contributed by atoms with Crippen LogP contribution in [0.15, 0.2) is 4.99 Å². The van der Waals surface area contributed by atoms with Crippen LogP contribution in [0.1, 0.15) is 20.8 Å². The van der Waals surface area contributed by atoms with Crippen LogP contribution in [0, 0.1) is 0 Å². The summed E-state index contributed by atoms with van der Waals surface area (Å²) in [6.45, 7) is 8.65. The van der Waals surface area contributed by atoms with Crippen molar-refractivity contribution in [3.63, 3.8) is 0 Å². The van der Waals surface area contributed by atoms with Crippen molar-refractivity contribution in [3.05, 3.63) is 0 Å². The van der Waals surface area contributed by atoms with Crippen molar-refractivity contribution in [1.82, 2.24) is 4.90 Å². The smallest absolute Gasteiger partial charge is 0.127 e. The van der Waals surface area contributed by atoms with E-state index in [0.717, 1.165) is 19.7 Å². The Bertz CT molecular complexity index is 220. The first-order valence-corrected chi connectivity index (χ1v) is 5.04. The molecule has 0 amide bonds. The standard InChI is InChI=1S/C10H21N3O/c1-10(2,3)12-9(11)8-7-13(4)5-6-14-8/h8H,5-7H2,1-4H3,(H2,11,12). The molecule has 4 nitrogen and oxygen atoms in total. The summed E-state index contributed by atoms with van der Waals surface area (Å²) < 4.78 is 5.56. The van der Waals surface area contributed by atoms with Crippen LogP contribution in [0.4, 0.5) is 0 Å². The van der Waals surface area contributed by atoms with E-state index >= 15 is 0 Å². The fraction of sp³-hybridized carbons (Fsp3) is 0.900. The molecule has 1 heterocycles. The van der Waals surface area contributed by atoms with Crippen LogP contribution in [-0.4, -0.2) is 49.1 Å². The highest BCUT2D eigenvalue weighted by atomic mass is 16.5. The Balaban J connectivity index is 2.59. The Morgan fingerprint density at radius 1 is 1.50 bits per heavy atom. The highest BCUT2D eigenvalue weighted by molar-refractivity contribution is 5.85. The van der Waals surface area contributed by atoms with Crippen LogP contribution in [0.2, 0.25) is 0 Å². The minimum atomic E-state index is -0.122. The first-order valence-electron chi connectivity index (χ1n) is 5.04. The summed E-state index contributed by atoms with van der Waals surface area (Å²) in [5.41, 5.74) is 5.77. The van der Waals surface area contributed by atoms with Gasteiger partial charge < -0.3 is 15.4 Å². The molecule has 1 rings (SSSR count). The van der Waals surface area contributed by atoms with Gasteiger partial charge in [0.25, 0.3) is 0 Å². The van der Waals surface area contributed by atoms with Crippen molar-refractivity contribution in [3.8, 4) is 0 Å². The van der Waals surface area contributed by atoms with Crippen molar-refractivity contribution in [1.29, 1.82) is 0 Å². The highest BCUT2D eigenvalue weighted by Gasteiger charge is 2.22. The summed E-state index contributed by atoms with van der Waals surface area (Å²) in [7, 11) is 2.07. The molecular weight excluding hydrogens is 178 g/mol. The summed E-state index contributed by atoms with van der Waals surface area (Å²) >= 11 is 0. The van der Waals surface area contributed by atoms with E-state index in [9.17, 15) is 0 Å². The normalized spacial score (nSPS) is 26.6. The zero-order valence-corrected chi connectivity index (χ0v) is 9.58. The molecule has 0 saturated carbocycles. The van der Waals surface area contributed by atoms with Gasteiger partial charge in [0.2, 0.25) is 0 Å². The van der Waals surface area contributed by atoms with E-state index in [1.54, 1.807) is 0 Å². The van der Waals surface area contributed by atoms with Crippen LogP contribution in [-0.2, 0) is 4.74 Å². The molecule has 0 spiro atoms. The lowest BCUT2D eigenvalue weighted by molar-refractivity contribution is 0.0164. The molecule has 14 heavy (non-hydrogen) atoms. The second-order valence-corrected chi connectivity index (χ2v) is 4.83. The Hall–Kier alpha value is -0.610. The lowest BCUT2D eigenvalue weighted by atomic mass is 10.1. The minimum Gasteiger partial charge on any atom is -0.385 e. The highest BCUT2D eigenvalue weighted by Crippen LogP contribution is 2.09. The van der Waals surface area contributed by atoms with Gasteiger partial charge in [-0.05, 0) is 27.8 Å². The van der Waals surface area contributed by atoms with Gasteiger partial charge in [0.05, 0.1) is 12.1 Å². The van der Waals surface area contributed by atoms with E-state index in [1.165, 1.54) is 0 Å². The molecule has 0 aromatic heterocycles. The van der Waals surface area contributed by atoms with E-state index in [-0.39, 0.29) is 11.6 Å². The molecule has 2 N–H and O–H groups in total. The van der Waals surface area contributed by atoms with E-state index in [2.05, 4.69) is 16.9 Å².